The van der Waals surface area contributed by atoms with E-state index in [9.17, 15) is 0 Å². The molecule has 0 saturated heterocycles. The zero-order chi connectivity index (χ0) is 2.71. The minimum absolute atomic E-state index is 0. The van der Waals surface area contributed by atoms with Gasteiger partial charge in [0, 0.05) is 0 Å². The normalized spacial score (nSPS) is 0.909. The maximum Gasteiger partial charge on any atom is 0.618 e. The Labute approximate surface area is 104 Å². The maximum atomic E-state index is 4.90. The molecule has 11 heteroatoms. The van der Waals surface area contributed by atoms with E-state index in [4.69, 9.17) is 18.1 Å². The summed E-state index contributed by atoms with van der Waals surface area (Å²) in [4.78, 5) is 0. The Hall–Kier alpha value is 2.16. The van der Waals surface area contributed by atoms with Crippen molar-refractivity contribution >= 4 is 71.8 Å². The van der Waals surface area contributed by atoms with Gasteiger partial charge < -0.3 is 51.0 Å². The first-order valence-corrected chi connectivity index (χ1v) is 4.81. The summed E-state index contributed by atoms with van der Waals surface area (Å²) in [6.07, 6.45) is 0. The monoisotopic (exact) mass is 264 g/mol. The largest absolute Gasteiger partial charge is 0.618 e. The zero-order valence-electron chi connectivity index (χ0n) is 4.87. The first-order chi connectivity index (χ1) is 1.41. The first kappa shape index (κ1) is 112. The summed E-state index contributed by atoms with van der Waals surface area (Å²) in [7, 11) is 9.81. The van der Waals surface area contributed by atoms with Crippen LogP contribution in [0.2, 0.25) is 0 Å². The Morgan fingerprint density at radius 3 is 0.636 bits per heavy atom. The van der Waals surface area contributed by atoms with Gasteiger partial charge in [0.05, 0.1) is 0 Å². The van der Waals surface area contributed by atoms with Crippen molar-refractivity contribution in [3.05, 3.63) is 0 Å². The van der Waals surface area contributed by atoms with Crippen LogP contribution >= 0.6 is 30.6 Å². The molecule has 0 bridgehead atoms. The SMILES string of the molecule is Cl.O.O.O.O.O.O.[Cl][Mg][Cl].[MgH2]. The molecule has 0 aliphatic carbocycles. The summed E-state index contributed by atoms with van der Waals surface area (Å²) in [5.41, 5.74) is 0. The minimum Gasteiger partial charge on any atom is -0.412 e. The van der Waals surface area contributed by atoms with Crippen molar-refractivity contribution in [2.45, 2.75) is 0 Å². The highest BCUT2D eigenvalue weighted by Gasteiger charge is 1.64. The fraction of sp³-hybridized carbons (Fsp3) is 0. The average Bonchev–Trinajstić information content (AvgIpc) is 0.918. The minimum atomic E-state index is -0.639. The van der Waals surface area contributed by atoms with Gasteiger partial charge >= 0.3 is 41.2 Å². The molecule has 0 heterocycles. The predicted octanol–water partition coefficient (Wildman–Crippen LogP) is -4.44. The molecular formula is H15Cl3Mg2O6. The van der Waals surface area contributed by atoms with Crippen LogP contribution in [0.1, 0.15) is 0 Å². The van der Waals surface area contributed by atoms with E-state index in [1.54, 1.807) is 0 Å². The molecule has 6 nitrogen and oxygen atoms in total. The molecule has 0 unspecified atom stereocenters. The molecule has 76 valence electrons. The second-order valence-corrected chi connectivity index (χ2v) is 2.73. The molecule has 0 aromatic rings. The Morgan fingerprint density at radius 2 is 0.636 bits per heavy atom. The van der Waals surface area contributed by atoms with Crippen molar-refractivity contribution in [3.63, 3.8) is 0 Å². The number of rotatable bonds is 0. The van der Waals surface area contributed by atoms with Crippen LogP contribution in [0.15, 0.2) is 0 Å². The third-order valence-electron chi connectivity index (χ3n) is 0. The summed E-state index contributed by atoms with van der Waals surface area (Å²) in [5.74, 6) is 0. The lowest BCUT2D eigenvalue weighted by atomic mass is 16.0. The van der Waals surface area contributed by atoms with Crippen LogP contribution in [0.4, 0.5) is 0 Å². The third-order valence-corrected chi connectivity index (χ3v) is 0. The lowest BCUT2D eigenvalue weighted by Crippen LogP contribution is -1.36. The van der Waals surface area contributed by atoms with Crippen molar-refractivity contribution < 1.29 is 32.9 Å². The molecule has 11 heavy (non-hydrogen) atoms. The van der Waals surface area contributed by atoms with Crippen LogP contribution in [0, 0.1) is 0 Å². The highest BCUT2D eigenvalue weighted by molar-refractivity contribution is 7.22. The van der Waals surface area contributed by atoms with Crippen LogP contribution in [-0.4, -0.2) is 74.1 Å². The molecule has 0 atom stereocenters. The van der Waals surface area contributed by atoms with Gasteiger partial charge in [-0.3, -0.25) is 0 Å². The molecule has 0 fully saturated rings. The van der Waals surface area contributed by atoms with Crippen LogP contribution < -0.4 is 0 Å². The molecule has 0 spiro atoms. The van der Waals surface area contributed by atoms with E-state index in [1.165, 1.54) is 0 Å². The fourth-order valence-corrected chi connectivity index (χ4v) is 0. The van der Waals surface area contributed by atoms with Gasteiger partial charge in [-0.05, 0) is 0 Å². The summed E-state index contributed by atoms with van der Waals surface area (Å²) in [6, 6.07) is 0. The van der Waals surface area contributed by atoms with Crippen LogP contribution in [0.3, 0.4) is 0 Å². The second kappa shape index (κ2) is 152. The molecule has 12 N–H and O–H groups in total. The Bertz CT molecular complexity index is 15.8. The van der Waals surface area contributed by atoms with E-state index in [-0.39, 0.29) is 68.3 Å². The predicted molar refractivity (Wildman–Crippen MR) is 54.9 cm³/mol. The molecule has 0 aromatic heterocycles. The fourth-order valence-electron chi connectivity index (χ4n) is 0. The van der Waals surface area contributed by atoms with Gasteiger partial charge in [-0.15, -0.1) is 12.4 Å². The summed E-state index contributed by atoms with van der Waals surface area (Å²) >= 11 is -0.639. The van der Waals surface area contributed by atoms with E-state index in [0.717, 1.165) is 0 Å². The van der Waals surface area contributed by atoms with E-state index >= 15 is 0 Å². The Morgan fingerprint density at radius 1 is 0.636 bits per heavy atom. The maximum absolute atomic E-state index is 4.90. The highest BCUT2D eigenvalue weighted by atomic mass is 35.6. The molecule has 0 rings (SSSR count). The summed E-state index contributed by atoms with van der Waals surface area (Å²) in [5, 5.41) is 0. The standard InChI is InChI=1S/3ClH.2Mg.6H2O.2H/h3*1H;;;6*1H2;;/q;;;;+2;;;;;;;;/p-2. The number of hydrogen-bond acceptors (Lipinski definition) is 0. The van der Waals surface area contributed by atoms with Gasteiger partial charge in [0.25, 0.3) is 0 Å². The molecule has 0 aliphatic rings. The van der Waals surface area contributed by atoms with Crippen LogP contribution in [-0.2, 0) is 0 Å². The molecule has 0 amide bonds. The lowest BCUT2D eigenvalue weighted by Gasteiger charge is -1.33. The quantitative estimate of drug-likeness (QED) is 0.382. The van der Waals surface area contributed by atoms with Crippen LogP contribution in [0.5, 0.6) is 0 Å². The Kier molecular flexibility index (Phi) is 1550. The topological polar surface area (TPSA) is 189 Å². The van der Waals surface area contributed by atoms with E-state index in [1.807, 2.05) is 0 Å². The molecule has 0 radical (unpaired) electrons. The van der Waals surface area contributed by atoms with Gasteiger partial charge in [-0.25, -0.2) is 0 Å². The molecule has 0 aliphatic heterocycles. The number of halogens is 3. The van der Waals surface area contributed by atoms with Crippen molar-refractivity contribution in [2.24, 2.45) is 0 Å². The molecule has 0 saturated carbocycles. The van der Waals surface area contributed by atoms with Crippen molar-refractivity contribution in [1.29, 1.82) is 0 Å². The molecule has 0 aromatic carbocycles. The van der Waals surface area contributed by atoms with Crippen LogP contribution in [0.25, 0.3) is 0 Å². The molecular weight excluding hydrogens is 251 g/mol. The number of hydrogen-bond donors (Lipinski definition) is 0. The van der Waals surface area contributed by atoms with Gasteiger partial charge in [0.15, 0.2) is 0 Å². The van der Waals surface area contributed by atoms with Gasteiger partial charge in [0.2, 0.25) is 0 Å². The van der Waals surface area contributed by atoms with E-state index in [0.29, 0.717) is 0 Å². The summed E-state index contributed by atoms with van der Waals surface area (Å²) < 4.78 is 0. The van der Waals surface area contributed by atoms with Crippen molar-refractivity contribution in [1.82, 2.24) is 0 Å². The van der Waals surface area contributed by atoms with E-state index in [2.05, 4.69) is 0 Å². The highest BCUT2D eigenvalue weighted by Crippen LogP contribution is 1.67. The zero-order valence-corrected chi connectivity index (χ0v) is 8.61. The van der Waals surface area contributed by atoms with Gasteiger partial charge in [0.1, 0.15) is 0 Å². The smallest absolute Gasteiger partial charge is 0.412 e. The van der Waals surface area contributed by atoms with Crippen molar-refractivity contribution in [2.75, 3.05) is 0 Å². The second-order valence-electron chi connectivity index (χ2n) is 0.101. The van der Waals surface area contributed by atoms with E-state index < -0.39 is 18.2 Å². The lowest BCUT2D eigenvalue weighted by molar-refractivity contribution is 0.823. The first-order valence-electron chi connectivity index (χ1n) is 0.535. The summed E-state index contributed by atoms with van der Waals surface area (Å²) in [6.45, 7) is 0. The van der Waals surface area contributed by atoms with Gasteiger partial charge in [-0.1, -0.05) is 0 Å². The van der Waals surface area contributed by atoms with Crippen molar-refractivity contribution in [3.8, 4) is 0 Å². The van der Waals surface area contributed by atoms with Gasteiger partial charge in [-0.2, -0.15) is 0 Å². The average molecular weight is 266 g/mol. The Balaban J connectivity index is -0.000000000714. The third kappa shape index (κ3) is 269.